The number of carboxylic acids is 1. The highest BCUT2D eigenvalue weighted by Crippen LogP contribution is 2.27. The number of anilines is 1. The van der Waals surface area contributed by atoms with Crippen molar-refractivity contribution in [1.82, 2.24) is 20.1 Å². The Kier molecular flexibility index (Phi) is 8.01. The van der Waals surface area contributed by atoms with Gasteiger partial charge in [0.2, 0.25) is 0 Å². The summed E-state index contributed by atoms with van der Waals surface area (Å²) in [6, 6.07) is 3.41. The highest BCUT2D eigenvalue weighted by Gasteiger charge is 2.32. The van der Waals surface area contributed by atoms with E-state index in [-0.39, 0.29) is 6.54 Å². The molecule has 1 aromatic heterocycles. The van der Waals surface area contributed by atoms with Crippen molar-refractivity contribution in [3.63, 3.8) is 0 Å². The maximum absolute atomic E-state index is 13.4. The standard InChI is InChI=1S/C24H36FN5O3/c25-18-10-14-30(16-18)24(33)28-21(23(31)32)11-15-29(20-8-9-20)13-2-1-5-19-7-6-17-4-3-12-26-22(17)27-19/h6-7,18,20-21H,1-5,8-16H2,(H,26,27)(H,28,33)(H,31,32)/t18-,21?/m1/s1. The predicted octanol–water partition coefficient (Wildman–Crippen LogP) is 2.82. The molecule has 1 aromatic rings. The number of likely N-dealkylation sites (tertiary alicyclic amines) is 1. The number of aryl methyl sites for hydroxylation is 2. The number of unbranched alkanes of at least 4 members (excludes halogenated alkanes) is 1. The average molecular weight is 462 g/mol. The molecule has 182 valence electrons. The molecule has 3 heterocycles. The number of rotatable bonds is 11. The molecule has 0 radical (unpaired) electrons. The van der Waals surface area contributed by atoms with Crippen molar-refractivity contribution in [1.29, 1.82) is 0 Å². The molecule has 8 nitrogen and oxygen atoms in total. The van der Waals surface area contributed by atoms with E-state index in [1.54, 1.807) is 0 Å². The van der Waals surface area contributed by atoms with Crippen molar-refractivity contribution in [3.05, 3.63) is 23.4 Å². The van der Waals surface area contributed by atoms with Gasteiger partial charge in [-0.1, -0.05) is 6.07 Å². The number of hydrogen-bond donors (Lipinski definition) is 3. The summed E-state index contributed by atoms with van der Waals surface area (Å²) >= 11 is 0. The minimum atomic E-state index is -1.04. The summed E-state index contributed by atoms with van der Waals surface area (Å²) in [6.45, 7) is 2.93. The fourth-order valence-electron chi connectivity index (χ4n) is 4.74. The first kappa shape index (κ1) is 23.7. The van der Waals surface area contributed by atoms with Crippen molar-refractivity contribution in [2.24, 2.45) is 0 Å². The molecule has 1 saturated carbocycles. The predicted molar refractivity (Wildman–Crippen MR) is 124 cm³/mol. The third kappa shape index (κ3) is 6.79. The molecule has 2 amide bonds. The average Bonchev–Trinajstić information content (AvgIpc) is 3.56. The molecule has 1 unspecified atom stereocenters. The Hall–Kier alpha value is -2.42. The van der Waals surface area contributed by atoms with Crippen LogP contribution in [0.3, 0.4) is 0 Å². The molecule has 2 aliphatic heterocycles. The van der Waals surface area contributed by atoms with Gasteiger partial charge in [0.05, 0.1) is 6.54 Å². The number of pyridine rings is 1. The van der Waals surface area contributed by atoms with E-state index in [1.165, 1.54) is 10.5 Å². The topological polar surface area (TPSA) is 97.8 Å². The second-order valence-corrected chi connectivity index (χ2v) is 9.53. The SMILES string of the molecule is O=C(O)C(CCN(CCCCc1ccc2c(n1)NCCC2)C1CC1)NC(=O)N1CC[C@@H](F)C1. The van der Waals surface area contributed by atoms with Crippen LogP contribution < -0.4 is 10.6 Å². The lowest BCUT2D eigenvalue weighted by molar-refractivity contribution is -0.139. The molecule has 2 atom stereocenters. The Labute approximate surface area is 194 Å². The van der Waals surface area contributed by atoms with E-state index in [2.05, 4.69) is 27.7 Å². The number of carbonyl (C=O) groups excluding carboxylic acids is 1. The van der Waals surface area contributed by atoms with Gasteiger partial charge in [0.25, 0.3) is 0 Å². The molecule has 4 rings (SSSR count). The van der Waals surface area contributed by atoms with E-state index < -0.39 is 24.2 Å². The first-order valence-corrected chi connectivity index (χ1v) is 12.4. The molecular weight excluding hydrogens is 425 g/mol. The van der Waals surface area contributed by atoms with Gasteiger partial charge in [-0.15, -0.1) is 0 Å². The fraction of sp³-hybridized carbons (Fsp3) is 0.708. The Balaban J connectivity index is 1.20. The number of amides is 2. The molecule has 0 aromatic carbocycles. The van der Waals surface area contributed by atoms with E-state index in [4.69, 9.17) is 4.98 Å². The maximum atomic E-state index is 13.4. The summed E-state index contributed by atoms with van der Waals surface area (Å²) < 4.78 is 13.4. The van der Waals surface area contributed by atoms with Crippen molar-refractivity contribution in [2.45, 2.75) is 76.0 Å². The zero-order chi connectivity index (χ0) is 23.2. The normalized spacial score (nSPS) is 20.9. The van der Waals surface area contributed by atoms with Gasteiger partial charge < -0.3 is 25.5 Å². The molecule has 1 aliphatic carbocycles. The number of carbonyl (C=O) groups is 2. The van der Waals surface area contributed by atoms with Crippen molar-refractivity contribution in [3.8, 4) is 0 Å². The summed E-state index contributed by atoms with van der Waals surface area (Å²) in [5, 5.41) is 15.5. The highest BCUT2D eigenvalue weighted by molar-refractivity contribution is 5.82. The van der Waals surface area contributed by atoms with Crippen LogP contribution in [-0.2, 0) is 17.6 Å². The smallest absolute Gasteiger partial charge is 0.326 e. The minimum absolute atomic E-state index is 0.0432. The number of fused-ring (bicyclic) bond motifs is 1. The summed E-state index contributed by atoms with van der Waals surface area (Å²) in [4.78, 5) is 32.5. The molecule has 0 bridgehead atoms. The lowest BCUT2D eigenvalue weighted by atomic mass is 10.1. The third-order valence-corrected chi connectivity index (χ3v) is 6.86. The van der Waals surface area contributed by atoms with Gasteiger partial charge in [-0.05, 0) is 76.0 Å². The van der Waals surface area contributed by atoms with Crippen LogP contribution in [0.25, 0.3) is 0 Å². The Bertz CT molecular complexity index is 834. The molecule has 3 aliphatic rings. The molecule has 2 fully saturated rings. The van der Waals surface area contributed by atoms with Crippen LogP contribution in [0.1, 0.15) is 56.2 Å². The number of aliphatic carboxylic acids is 1. The summed E-state index contributed by atoms with van der Waals surface area (Å²) in [7, 11) is 0. The van der Waals surface area contributed by atoms with Gasteiger partial charge in [0.1, 0.15) is 18.0 Å². The van der Waals surface area contributed by atoms with E-state index in [1.807, 2.05) is 0 Å². The van der Waals surface area contributed by atoms with Crippen molar-refractivity contribution in [2.75, 3.05) is 38.0 Å². The Morgan fingerprint density at radius 1 is 1.27 bits per heavy atom. The van der Waals surface area contributed by atoms with Gasteiger partial charge in [-0.25, -0.2) is 19.0 Å². The van der Waals surface area contributed by atoms with Gasteiger partial charge in [0.15, 0.2) is 0 Å². The highest BCUT2D eigenvalue weighted by atomic mass is 19.1. The van der Waals surface area contributed by atoms with Crippen LogP contribution in [0.2, 0.25) is 0 Å². The molecular formula is C24H36FN5O3. The number of alkyl halides is 1. The monoisotopic (exact) mass is 461 g/mol. The first-order chi connectivity index (χ1) is 16.0. The minimum Gasteiger partial charge on any atom is -0.480 e. The van der Waals surface area contributed by atoms with Gasteiger partial charge in [-0.3, -0.25) is 0 Å². The van der Waals surface area contributed by atoms with Crippen LogP contribution in [0.5, 0.6) is 0 Å². The molecule has 9 heteroatoms. The van der Waals surface area contributed by atoms with Crippen LogP contribution in [0.4, 0.5) is 15.0 Å². The number of nitrogens with zero attached hydrogens (tertiary/aromatic N) is 3. The summed E-state index contributed by atoms with van der Waals surface area (Å²) in [6.07, 6.45) is 7.20. The van der Waals surface area contributed by atoms with Crippen molar-refractivity contribution >= 4 is 17.8 Å². The lowest BCUT2D eigenvalue weighted by Gasteiger charge is -2.25. The zero-order valence-corrected chi connectivity index (χ0v) is 19.3. The second kappa shape index (κ2) is 11.1. The molecule has 33 heavy (non-hydrogen) atoms. The number of hydrogen-bond acceptors (Lipinski definition) is 5. The summed E-state index contributed by atoms with van der Waals surface area (Å²) in [5.74, 6) is -0.00160. The van der Waals surface area contributed by atoms with E-state index in [9.17, 15) is 19.1 Å². The van der Waals surface area contributed by atoms with Gasteiger partial charge in [0, 0.05) is 31.4 Å². The Morgan fingerprint density at radius 2 is 2.12 bits per heavy atom. The molecule has 3 N–H and O–H groups in total. The lowest BCUT2D eigenvalue weighted by Crippen LogP contribution is -2.48. The quantitative estimate of drug-likeness (QED) is 0.439. The fourth-order valence-corrected chi connectivity index (χ4v) is 4.74. The number of nitrogens with one attached hydrogen (secondary N) is 2. The second-order valence-electron chi connectivity index (χ2n) is 9.53. The molecule has 0 spiro atoms. The zero-order valence-electron chi connectivity index (χ0n) is 19.3. The van der Waals surface area contributed by atoms with E-state index in [0.717, 1.165) is 69.5 Å². The Morgan fingerprint density at radius 3 is 2.85 bits per heavy atom. The number of carboxylic acid groups (broad SMARTS) is 1. The van der Waals surface area contributed by atoms with Crippen LogP contribution in [0, 0.1) is 0 Å². The third-order valence-electron chi connectivity index (χ3n) is 6.86. The van der Waals surface area contributed by atoms with Crippen LogP contribution in [-0.4, -0.2) is 82.9 Å². The maximum Gasteiger partial charge on any atom is 0.326 e. The number of urea groups is 1. The van der Waals surface area contributed by atoms with E-state index >= 15 is 0 Å². The first-order valence-electron chi connectivity index (χ1n) is 12.4. The summed E-state index contributed by atoms with van der Waals surface area (Å²) in [5.41, 5.74) is 2.42. The van der Waals surface area contributed by atoms with E-state index in [0.29, 0.717) is 32.0 Å². The van der Waals surface area contributed by atoms with Crippen LogP contribution >= 0.6 is 0 Å². The molecule has 1 saturated heterocycles. The largest absolute Gasteiger partial charge is 0.480 e. The van der Waals surface area contributed by atoms with Gasteiger partial charge in [-0.2, -0.15) is 0 Å². The van der Waals surface area contributed by atoms with Gasteiger partial charge >= 0.3 is 12.0 Å². The van der Waals surface area contributed by atoms with Crippen LogP contribution in [0.15, 0.2) is 12.1 Å². The number of halogens is 1. The number of aromatic nitrogens is 1. The van der Waals surface area contributed by atoms with Crippen molar-refractivity contribution < 1.29 is 19.1 Å².